The molecule has 0 saturated carbocycles. The molecule has 0 aliphatic heterocycles. The SMILES string of the molecule is Cc1sc(Br)cc1C(Cl)c1ccsc1. The molecule has 0 aliphatic carbocycles. The standard InChI is InChI=1S/C10H8BrClS2/c1-6-8(4-9(11)14-6)10(12)7-2-3-13-5-7/h2-5,10H,1H3. The van der Waals surface area contributed by atoms with E-state index in [0.717, 1.165) is 3.79 Å². The minimum absolute atomic E-state index is 0.0104. The Morgan fingerprint density at radius 1 is 1.50 bits per heavy atom. The molecule has 2 aromatic rings. The molecule has 0 fully saturated rings. The molecule has 14 heavy (non-hydrogen) atoms. The summed E-state index contributed by atoms with van der Waals surface area (Å²) in [6, 6.07) is 4.18. The smallest absolute Gasteiger partial charge is 0.0854 e. The zero-order chi connectivity index (χ0) is 10.1. The average molecular weight is 308 g/mol. The predicted octanol–water partition coefficient (Wildman–Crippen LogP) is 5.21. The van der Waals surface area contributed by atoms with Gasteiger partial charge in [-0.1, -0.05) is 0 Å². The number of hydrogen-bond donors (Lipinski definition) is 0. The van der Waals surface area contributed by atoms with E-state index in [1.54, 1.807) is 22.7 Å². The summed E-state index contributed by atoms with van der Waals surface area (Å²) in [5.41, 5.74) is 2.40. The van der Waals surface area contributed by atoms with E-state index in [4.69, 9.17) is 11.6 Å². The fourth-order valence-electron chi connectivity index (χ4n) is 1.31. The summed E-state index contributed by atoms with van der Waals surface area (Å²) in [6.07, 6.45) is 0. The zero-order valence-corrected chi connectivity index (χ0v) is 11.4. The highest BCUT2D eigenvalue weighted by molar-refractivity contribution is 9.11. The van der Waals surface area contributed by atoms with Crippen molar-refractivity contribution >= 4 is 50.2 Å². The van der Waals surface area contributed by atoms with Crippen LogP contribution in [0.1, 0.15) is 21.4 Å². The second kappa shape index (κ2) is 4.35. The van der Waals surface area contributed by atoms with Crippen LogP contribution in [0.15, 0.2) is 26.7 Å². The van der Waals surface area contributed by atoms with Crippen molar-refractivity contribution in [2.75, 3.05) is 0 Å². The average Bonchev–Trinajstić information content (AvgIpc) is 2.73. The molecular formula is C10H8BrClS2. The van der Waals surface area contributed by atoms with Crippen molar-refractivity contribution in [1.29, 1.82) is 0 Å². The molecule has 0 aliphatic rings. The Kier molecular flexibility index (Phi) is 3.32. The summed E-state index contributed by atoms with van der Waals surface area (Å²) in [4.78, 5) is 1.28. The largest absolute Gasteiger partial charge is 0.152 e. The minimum atomic E-state index is -0.0104. The first kappa shape index (κ1) is 10.7. The van der Waals surface area contributed by atoms with Gasteiger partial charge in [0.15, 0.2) is 0 Å². The second-order valence-electron chi connectivity index (χ2n) is 2.98. The monoisotopic (exact) mass is 306 g/mol. The van der Waals surface area contributed by atoms with Crippen LogP contribution in [0.4, 0.5) is 0 Å². The first-order valence-electron chi connectivity index (χ1n) is 4.10. The van der Waals surface area contributed by atoms with E-state index in [9.17, 15) is 0 Å². The van der Waals surface area contributed by atoms with Gasteiger partial charge in [0.05, 0.1) is 9.16 Å². The van der Waals surface area contributed by atoms with E-state index < -0.39 is 0 Å². The third-order valence-corrected chi connectivity index (χ3v) is 4.79. The van der Waals surface area contributed by atoms with Crippen molar-refractivity contribution in [2.45, 2.75) is 12.3 Å². The lowest BCUT2D eigenvalue weighted by atomic mass is 10.1. The molecule has 0 aromatic carbocycles. The Hall–Kier alpha value is 0.170. The summed E-state index contributed by atoms with van der Waals surface area (Å²) in [7, 11) is 0. The molecule has 0 bridgehead atoms. The summed E-state index contributed by atoms with van der Waals surface area (Å²) in [5, 5.41) is 4.15. The summed E-state index contributed by atoms with van der Waals surface area (Å²) >= 11 is 13.3. The number of thiophene rings is 2. The molecule has 0 radical (unpaired) electrons. The topological polar surface area (TPSA) is 0 Å². The number of rotatable bonds is 2. The van der Waals surface area contributed by atoms with Crippen molar-refractivity contribution < 1.29 is 0 Å². The molecule has 1 unspecified atom stereocenters. The lowest BCUT2D eigenvalue weighted by Gasteiger charge is -2.06. The molecule has 2 rings (SSSR count). The Morgan fingerprint density at radius 3 is 2.79 bits per heavy atom. The van der Waals surface area contributed by atoms with Crippen LogP contribution in [-0.2, 0) is 0 Å². The molecular weight excluding hydrogens is 300 g/mol. The van der Waals surface area contributed by atoms with Crippen LogP contribution in [-0.4, -0.2) is 0 Å². The highest BCUT2D eigenvalue weighted by Crippen LogP contribution is 2.37. The Bertz CT molecular complexity index is 419. The van der Waals surface area contributed by atoms with E-state index in [1.807, 2.05) is 0 Å². The maximum Gasteiger partial charge on any atom is 0.0854 e. The number of halogens is 2. The van der Waals surface area contributed by atoms with E-state index >= 15 is 0 Å². The van der Waals surface area contributed by atoms with Gasteiger partial charge in [-0.05, 0) is 56.9 Å². The molecule has 1 atom stereocenters. The quantitative estimate of drug-likeness (QED) is 0.668. The third kappa shape index (κ3) is 2.06. The molecule has 0 spiro atoms. The first-order chi connectivity index (χ1) is 6.68. The lowest BCUT2D eigenvalue weighted by Crippen LogP contribution is -1.90. The number of hydrogen-bond acceptors (Lipinski definition) is 2. The van der Waals surface area contributed by atoms with Gasteiger partial charge in [-0.25, -0.2) is 0 Å². The Labute approximate surface area is 105 Å². The van der Waals surface area contributed by atoms with Gasteiger partial charge >= 0.3 is 0 Å². The number of aryl methyl sites for hydroxylation is 1. The van der Waals surface area contributed by atoms with Crippen LogP contribution in [0, 0.1) is 6.92 Å². The van der Waals surface area contributed by atoms with E-state index in [1.165, 1.54) is 16.0 Å². The van der Waals surface area contributed by atoms with Gasteiger partial charge in [0, 0.05) is 4.88 Å². The molecule has 0 N–H and O–H groups in total. The van der Waals surface area contributed by atoms with Crippen molar-refractivity contribution in [1.82, 2.24) is 0 Å². The fourth-order valence-corrected chi connectivity index (χ4v) is 4.24. The van der Waals surface area contributed by atoms with Gasteiger partial charge in [-0.15, -0.1) is 22.9 Å². The van der Waals surface area contributed by atoms with Crippen LogP contribution in [0.25, 0.3) is 0 Å². The van der Waals surface area contributed by atoms with E-state index in [-0.39, 0.29) is 5.38 Å². The number of alkyl halides is 1. The molecule has 0 saturated heterocycles. The second-order valence-corrected chi connectivity index (χ2v) is 6.83. The zero-order valence-electron chi connectivity index (χ0n) is 7.46. The summed E-state index contributed by atoms with van der Waals surface area (Å²) in [6.45, 7) is 2.10. The highest BCUT2D eigenvalue weighted by Gasteiger charge is 2.15. The van der Waals surface area contributed by atoms with Crippen LogP contribution in [0.5, 0.6) is 0 Å². The van der Waals surface area contributed by atoms with Crippen molar-refractivity contribution in [3.05, 3.63) is 42.7 Å². The fraction of sp³-hybridized carbons (Fsp3) is 0.200. The van der Waals surface area contributed by atoms with Gasteiger partial charge in [0.2, 0.25) is 0 Å². The molecule has 0 amide bonds. The van der Waals surface area contributed by atoms with Crippen molar-refractivity contribution in [3.8, 4) is 0 Å². The van der Waals surface area contributed by atoms with E-state index in [2.05, 4.69) is 45.7 Å². The Balaban J connectivity index is 2.36. The first-order valence-corrected chi connectivity index (χ1v) is 7.09. The summed E-state index contributed by atoms with van der Waals surface area (Å²) < 4.78 is 1.14. The van der Waals surface area contributed by atoms with Gasteiger partial charge in [-0.3, -0.25) is 0 Å². The molecule has 74 valence electrons. The van der Waals surface area contributed by atoms with Crippen molar-refractivity contribution in [3.63, 3.8) is 0 Å². The van der Waals surface area contributed by atoms with Crippen LogP contribution < -0.4 is 0 Å². The Morgan fingerprint density at radius 2 is 2.29 bits per heavy atom. The van der Waals surface area contributed by atoms with Gasteiger partial charge in [0.25, 0.3) is 0 Å². The molecule has 2 aromatic heterocycles. The van der Waals surface area contributed by atoms with Crippen LogP contribution in [0.3, 0.4) is 0 Å². The molecule has 4 heteroatoms. The van der Waals surface area contributed by atoms with Gasteiger partial charge in [-0.2, -0.15) is 11.3 Å². The maximum atomic E-state index is 6.38. The normalized spacial score (nSPS) is 13.1. The lowest BCUT2D eigenvalue weighted by molar-refractivity contribution is 1.15. The van der Waals surface area contributed by atoms with Crippen LogP contribution in [0.2, 0.25) is 0 Å². The van der Waals surface area contributed by atoms with Gasteiger partial charge < -0.3 is 0 Å². The maximum absolute atomic E-state index is 6.38. The van der Waals surface area contributed by atoms with Gasteiger partial charge in [0.1, 0.15) is 0 Å². The minimum Gasteiger partial charge on any atom is -0.152 e. The summed E-state index contributed by atoms with van der Waals surface area (Å²) in [5.74, 6) is 0. The van der Waals surface area contributed by atoms with E-state index in [0.29, 0.717) is 0 Å². The third-order valence-electron chi connectivity index (χ3n) is 2.03. The molecule has 2 heterocycles. The highest BCUT2D eigenvalue weighted by atomic mass is 79.9. The predicted molar refractivity (Wildman–Crippen MR) is 68.8 cm³/mol. The van der Waals surface area contributed by atoms with Crippen molar-refractivity contribution in [2.24, 2.45) is 0 Å². The molecule has 0 nitrogen and oxygen atoms in total. The van der Waals surface area contributed by atoms with Crippen LogP contribution >= 0.6 is 50.2 Å².